The molecule has 0 unspecified atom stereocenters. The van der Waals surface area contributed by atoms with Crippen LogP contribution in [0.1, 0.15) is 16.2 Å². The first-order valence-electron chi connectivity index (χ1n) is 7.58. The molecule has 0 aliphatic carbocycles. The molecule has 128 valence electrons. The molecule has 2 aromatic heterocycles. The molecule has 0 saturated heterocycles. The summed E-state index contributed by atoms with van der Waals surface area (Å²) in [6.45, 7) is 2.08. The summed E-state index contributed by atoms with van der Waals surface area (Å²) in [6.07, 6.45) is 0. The number of aryl methyl sites for hydroxylation is 1. The minimum atomic E-state index is -0.389. The third-order valence-electron chi connectivity index (χ3n) is 3.48. The summed E-state index contributed by atoms with van der Waals surface area (Å²) in [5, 5.41) is 10.5. The van der Waals surface area contributed by atoms with Gasteiger partial charge in [0.15, 0.2) is 5.69 Å². The van der Waals surface area contributed by atoms with Gasteiger partial charge in [-0.3, -0.25) is 9.59 Å². The monoisotopic (exact) mass is 342 g/mol. The fraction of sp³-hybridized carbons (Fsp3) is 0.176. The third-order valence-corrected chi connectivity index (χ3v) is 3.48. The SMILES string of the molecule is Cc1cc(C(=O)NCCn2nc(-c3ccc(F)cc3)ccc2=O)no1. The smallest absolute Gasteiger partial charge is 0.273 e. The van der Waals surface area contributed by atoms with Gasteiger partial charge in [-0.25, -0.2) is 9.07 Å². The molecular weight excluding hydrogens is 327 g/mol. The fourth-order valence-corrected chi connectivity index (χ4v) is 2.22. The van der Waals surface area contributed by atoms with Gasteiger partial charge in [-0.05, 0) is 37.3 Å². The molecule has 0 saturated carbocycles. The van der Waals surface area contributed by atoms with E-state index in [1.165, 1.54) is 28.9 Å². The molecule has 0 radical (unpaired) electrons. The van der Waals surface area contributed by atoms with Gasteiger partial charge in [0, 0.05) is 24.2 Å². The molecule has 0 fully saturated rings. The number of halogens is 1. The Morgan fingerprint density at radius 1 is 1.24 bits per heavy atom. The van der Waals surface area contributed by atoms with Crippen molar-refractivity contribution < 1.29 is 13.7 Å². The summed E-state index contributed by atoms with van der Waals surface area (Å²) in [4.78, 5) is 23.8. The lowest BCUT2D eigenvalue weighted by molar-refractivity contribution is 0.0942. The van der Waals surface area contributed by atoms with Crippen molar-refractivity contribution in [3.8, 4) is 11.3 Å². The van der Waals surface area contributed by atoms with Crippen LogP contribution in [0.25, 0.3) is 11.3 Å². The first-order chi connectivity index (χ1) is 12.0. The van der Waals surface area contributed by atoms with Crippen LogP contribution in [-0.4, -0.2) is 27.4 Å². The molecule has 0 atom stereocenters. The van der Waals surface area contributed by atoms with E-state index in [4.69, 9.17) is 4.52 Å². The van der Waals surface area contributed by atoms with Crippen molar-refractivity contribution >= 4 is 5.91 Å². The summed E-state index contributed by atoms with van der Waals surface area (Å²) < 4.78 is 19.1. The van der Waals surface area contributed by atoms with Crippen molar-refractivity contribution in [2.24, 2.45) is 0 Å². The van der Waals surface area contributed by atoms with Crippen molar-refractivity contribution in [3.63, 3.8) is 0 Å². The maximum absolute atomic E-state index is 13.0. The number of rotatable bonds is 5. The van der Waals surface area contributed by atoms with E-state index in [9.17, 15) is 14.0 Å². The highest BCUT2D eigenvalue weighted by atomic mass is 19.1. The van der Waals surface area contributed by atoms with Gasteiger partial charge in [-0.2, -0.15) is 5.10 Å². The summed E-state index contributed by atoms with van der Waals surface area (Å²) >= 11 is 0. The van der Waals surface area contributed by atoms with E-state index < -0.39 is 0 Å². The lowest BCUT2D eigenvalue weighted by atomic mass is 10.1. The lowest BCUT2D eigenvalue weighted by Crippen LogP contribution is -2.32. The number of aromatic nitrogens is 3. The summed E-state index contributed by atoms with van der Waals surface area (Å²) in [7, 11) is 0. The van der Waals surface area contributed by atoms with Gasteiger partial charge in [0.25, 0.3) is 11.5 Å². The number of benzene rings is 1. The Balaban J connectivity index is 1.68. The number of nitrogens with one attached hydrogen (secondary N) is 1. The van der Waals surface area contributed by atoms with Crippen molar-refractivity contribution in [3.05, 3.63) is 70.1 Å². The summed E-state index contributed by atoms with van der Waals surface area (Å²) in [5.74, 6) is -0.197. The quantitative estimate of drug-likeness (QED) is 0.763. The summed E-state index contributed by atoms with van der Waals surface area (Å²) in [5.41, 5.74) is 1.12. The predicted octanol–water partition coefficient (Wildman–Crippen LogP) is 1.78. The number of nitrogens with zero attached hydrogens (tertiary/aromatic N) is 3. The second-order valence-corrected chi connectivity index (χ2v) is 5.37. The van der Waals surface area contributed by atoms with E-state index in [2.05, 4.69) is 15.6 Å². The molecule has 25 heavy (non-hydrogen) atoms. The number of carbonyl (C=O) groups is 1. The van der Waals surface area contributed by atoms with Gasteiger partial charge >= 0.3 is 0 Å². The maximum Gasteiger partial charge on any atom is 0.273 e. The third kappa shape index (κ3) is 3.97. The van der Waals surface area contributed by atoms with Gasteiger partial charge in [-0.15, -0.1) is 0 Å². The molecular formula is C17H15FN4O3. The van der Waals surface area contributed by atoms with Crippen molar-refractivity contribution in [2.45, 2.75) is 13.5 Å². The molecule has 1 N–H and O–H groups in total. The molecule has 3 aromatic rings. The first kappa shape index (κ1) is 16.6. The number of hydrogen-bond donors (Lipinski definition) is 1. The molecule has 7 nitrogen and oxygen atoms in total. The number of hydrogen-bond acceptors (Lipinski definition) is 5. The zero-order valence-electron chi connectivity index (χ0n) is 13.4. The van der Waals surface area contributed by atoms with Gasteiger partial charge in [0.05, 0.1) is 12.2 Å². The Morgan fingerprint density at radius 3 is 2.68 bits per heavy atom. The minimum Gasteiger partial charge on any atom is -0.361 e. The highest BCUT2D eigenvalue weighted by Crippen LogP contribution is 2.15. The van der Waals surface area contributed by atoms with Crippen LogP contribution >= 0.6 is 0 Å². The van der Waals surface area contributed by atoms with Crippen LogP contribution in [0.2, 0.25) is 0 Å². The van der Waals surface area contributed by atoms with Crippen LogP contribution < -0.4 is 10.9 Å². The molecule has 0 aliphatic rings. The highest BCUT2D eigenvalue weighted by molar-refractivity contribution is 5.92. The average molecular weight is 342 g/mol. The average Bonchev–Trinajstić information content (AvgIpc) is 3.04. The number of amides is 1. The molecule has 1 aromatic carbocycles. The van der Waals surface area contributed by atoms with E-state index in [1.807, 2.05) is 0 Å². The number of carbonyl (C=O) groups excluding carboxylic acids is 1. The minimum absolute atomic E-state index is 0.179. The van der Waals surface area contributed by atoms with E-state index in [1.54, 1.807) is 25.1 Å². The van der Waals surface area contributed by atoms with Crippen molar-refractivity contribution in [1.29, 1.82) is 0 Å². The Hall–Kier alpha value is -3.29. The Bertz CT molecular complexity index is 947. The van der Waals surface area contributed by atoms with Crippen molar-refractivity contribution in [1.82, 2.24) is 20.3 Å². The maximum atomic E-state index is 13.0. The first-order valence-corrected chi connectivity index (χ1v) is 7.58. The molecule has 0 bridgehead atoms. The largest absolute Gasteiger partial charge is 0.361 e. The van der Waals surface area contributed by atoms with E-state index >= 15 is 0 Å². The van der Waals surface area contributed by atoms with Crippen LogP contribution in [0.15, 0.2) is 51.8 Å². The molecule has 2 heterocycles. The Morgan fingerprint density at radius 2 is 2.00 bits per heavy atom. The normalized spacial score (nSPS) is 10.6. The zero-order valence-corrected chi connectivity index (χ0v) is 13.4. The molecule has 8 heteroatoms. The van der Waals surface area contributed by atoms with Crippen LogP contribution in [0.4, 0.5) is 4.39 Å². The Labute approximate surface area is 142 Å². The Kier molecular flexibility index (Phi) is 4.69. The topological polar surface area (TPSA) is 90.0 Å². The van der Waals surface area contributed by atoms with E-state index in [0.717, 1.165) is 0 Å². The van der Waals surface area contributed by atoms with Gasteiger partial charge in [-0.1, -0.05) is 5.16 Å². The molecule has 0 aliphatic heterocycles. The summed E-state index contributed by atoms with van der Waals surface area (Å²) in [6, 6.07) is 10.3. The fourth-order valence-electron chi connectivity index (χ4n) is 2.22. The van der Waals surface area contributed by atoms with Gasteiger partial charge < -0.3 is 9.84 Å². The van der Waals surface area contributed by atoms with Crippen LogP contribution in [-0.2, 0) is 6.54 Å². The van der Waals surface area contributed by atoms with Gasteiger partial charge in [0.2, 0.25) is 0 Å². The van der Waals surface area contributed by atoms with Gasteiger partial charge in [0.1, 0.15) is 11.6 Å². The van der Waals surface area contributed by atoms with E-state index in [0.29, 0.717) is 17.0 Å². The van der Waals surface area contributed by atoms with E-state index in [-0.39, 0.29) is 36.1 Å². The second-order valence-electron chi connectivity index (χ2n) is 5.37. The molecule has 1 amide bonds. The molecule has 0 spiro atoms. The van der Waals surface area contributed by atoms with Crippen LogP contribution in [0, 0.1) is 12.7 Å². The van der Waals surface area contributed by atoms with Crippen LogP contribution in [0.3, 0.4) is 0 Å². The predicted molar refractivity (Wildman–Crippen MR) is 87.5 cm³/mol. The van der Waals surface area contributed by atoms with Crippen LogP contribution in [0.5, 0.6) is 0 Å². The zero-order chi connectivity index (χ0) is 17.8. The van der Waals surface area contributed by atoms with Crippen molar-refractivity contribution in [2.75, 3.05) is 6.54 Å². The molecule has 3 rings (SSSR count). The lowest BCUT2D eigenvalue weighted by Gasteiger charge is -2.08. The second kappa shape index (κ2) is 7.08. The standard InChI is InChI=1S/C17H15FN4O3/c1-11-10-15(21-25-11)17(24)19-8-9-22-16(23)7-6-14(20-22)12-2-4-13(18)5-3-12/h2-7,10H,8-9H2,1H3,(H,19,24). The highest BCUT2D eigenvalue weighted by Gasteiger charge is 2.10.